The fraction of sp³-hybridized carbons (Fsp3) is 0.250. The lowest BCUT2D eigenvalue weighted by molar-refractivity contribution is 0.442. The zero-order chi connectivity index (χ0) is 19.8. The normalized spacial score (nSPS) is 17.0. The van der Waals surface area contributed by atoms with Gasteiger partial charge in [-0.25, -0.2) is 4.98 Å². The predicted molar refractivity (Wildman–Crippen MR) is 119 cm³/mol. The predicted octanol–water partition coefficient (Wildman–Crippen LogP) is 5.95. The summed E-state index contributed by atoms with van der Waals surface area (Å²) < 4.78 is 1.99. The van der Waals surface area contributed by atoms with Gasteiger partial charge in [0.05, 0.1) is 11.4 Å². The van der Waals surface area contributed by atoms with Crippen molar-refractivity contribution in [1.82, 2.24) is 14.6 Å². The van der Waals surface area contributed by atoms with Crippen LogP contribution in [0.1, 0.15) is 19.8 Å². The molecule has 0 aliphatic carbocycles. The summed E-state index contributed by atoms with van der Waals surface area (Å²) in [7, 11) is 0. The molecule has 0 N–H and O–H groups in total. The molecule has 0 bridgehead atoms. The average Bonchev–Trinajstić information content (AvgIpc) is 3.18. The van der Waals surface area contributed by atoms with Crippen LogP contribution in [0.2, 0.25) is 5.02 Å². The van der Waals surface area contributed by atoms with Gasteiger partial charge in [-0.1, -0.05) is 61.0 Å². The maximum atomic E-state index is 6.06. The standard InChI is InChI=1S/C24H23ClN4/c1-17-6-5-13-28(16-17)24-15-21(18-7-3-2-4-8-18)26-23-14-22(27-29(23)24)19-9-11-20(25)12-10-19/h2-4,7-12,14-15,17H,5-6,13,16H2,1H3/t17-/m0/s1. The molecule has 4 nitrogen and oxygen atoms in total. The monoisotopic (exact) mass is 402 g/mol. The van der Waals surface area contributed by atoms with Crippen LogP contribution >= 0.6 is 11.6 Å². The van der Waals surface area contributed by atoms with Crippen molar-refractivity contribution in [2.45, 2.75) is 19.8 Å². The lowest BCUT2D eigenvalue weighted by Gasteiger charge is -2.32. The van der Waals surface area contributed by atoms with Gasteiger partial charge in [-0.05, 0) is 30.9 Å². The highest BCUT2D eigenvalue weighted by Crippen LogP contribution is 2.30. The van der Waals surface area contributed by atoms with Gasteiger partial charge in [-0.15, -0.1) is 0 Å². The topological polar surface area (TPSA) is 33.4 Å². The Morgan fingerprint density at radius 2 is 1.69 bits per heavy atom. The number of hydrogen-bond acceptors (Lipinski definition) is 3. The third-order valence-electron chi connectivity index (χ3n) is 5.60. The molecule has 146 valence electrons. The van der Waals surface area contributed by atoms with Crippen LogP contribution in [0.4, 0.5) is 5.82 Å². The highest BCUT2D eigenvalue weighted by molar-refractivity contribution is 6.30. The van der Waals surface area contributed by atoms with E-state index in [0.717, 1.165) is 52.1 Å². The molecule has 2 aromatic heterocycles. The van der Waals surface area contributed by atoms with E-state index in [1.807, 2.05) is 34.8 Å². The Morgan fingerprint density at radius 3 is 2.45 bits per heavy atom. The van der Waals surface area contributed by atoms with Gasteiger partial charge in [0.15, 0.2) is 5.65 Å². The second-order valence-electron chi connectivity index (χ2n) is 7.87. The Balaban J connectivity index is 1.67. The van der Waals surface area contributed by atoms with E-state index in [0.29, 0.717) is 5.92 Å². The van der Waals surface area contributed by atoms with Crippen LogP contribution in [0.3, 0.4) is 0 Å². The maximum Gasteiger partial charge on any atom is 0.158 e. The first kappa shape index (κ1) is 18.2. The van der Waals surface area contributed by atoms with Crippen molar-refractivity contribution < 1.29 is 0 Å². The van der Waals surface area contributed by atoms with Gasteiger partial charge in [-0.2, -0.15) is 9.61 Å². The second kappa shape index (κ2) is 7.53. The minimum atomic E-state index is 0.679. The number of fused-ring (bicyclic) bond motifs is 1. The molecule has 1 atom stereocenters. The van der Waals surface area contributed by atoms with Crippen LogP contribution in [0.15, 0.2) is 66.7 Å². The average molecular weight is 403 g/mol. The van der Waals surface area contributed by atoms with Gasteiger partial charge in [0.1, 0.15) is 5.82 Å². The Kier molecular flexibility index (Phi) is 4.72. The second-order valence-corrected chi connectivity index (χ2v) is 8.30. The summed E-state index contributed by atoms with van der Waals surface area (Å²) in [5, 5.41) is 5.64. The molecule has 0 unspecified atom stereocenters. The number of aromatic nitrogens is 3. The largest absolute Gasteiger partial charge is 0.356 e. The number of hydrogen-bond donors (Lipinski definition) is 0. The van der Waals surface area contributed by atoms with E-state index < -0.39 is 0 Å². The molecule has 29 heavy (non-hydrogen) atoms. The zero-order valence-corrected chi connectivity index (χ0v) is 17.2. The van der Waals surface area contributed by atoms with Crippen molar-refractivity contribution in [3.05, 3.63) is 71.8 Å². The summed E-state index contributed by atoms with van der Waals surface area (Å²) in [6.07, 6.45) is 2.49. The molecule has 0 radical (unpaired) electrons. The number of rotatable bonds is 3. The summed E-state index contributed by atoms with van der Waals surface area (Å²) >= 11 is 6.06. The van der Waals surface area contributed by atoms with E-state index >= 15 is 0 Å². The molecule has 1 fully saturated rings. The number of nitrogens with zero attached hydrogens (tertiary/aromatic N) is 4. The molecule has 1 saturated heterocycles. The number of anilines is 1. The smallest absolute Gasteiger partial charge is 0.158 e. The molecule has 3 heterocycles. The molecular formula is C24H23ClN4. The maximum absolute atomic E-state index is 6.06. The number of benzene rings is 2. The highest BCUT2D eigenvalue weighted by Gasteiger charge is 2.21. The molecule has 0 spiro atoms. The lowest BCUT2D eigenvalue weighted by atomic mass is 10.0. The van der Waals surface area contributed by atoms with Crippen LogP contribution in [0.25, 0.3) is 28.2 Å². The SMILES string of the molecule is C[C@H]1CCCN(c2cc(-c3ccccc3)nc3cc(-c4ccc(Cl)cc4)nn23)C1. The summed E-state index contributed by atoms with van der Waals surface area (Å²) in [4.78, 5) is 7.38. The van der Waals surface area contributed by atoms with Gasteiger partial charge in [0, 0.05) is 41.4 Å². The van der Waals surface area contributed by atoms with E-state index in [4.69, 9.17) is 21.7 Å². The summed E-state index contributed by atoms with van der Waals surface area (Å²) in [5.41, 5.74) is 4.92. The first-order chi connectivity index (χ1) is 14.2. The van der Waals surface area contributed by atoms with Crippen molar-refractivity contribution in [2.24, 2.45) is 5.92 Å². The van der Waals surface area contributed by atoms with E-state index in [9.17, 15) is 0 Å². The van der Waals surface area contributed by atoms with Gasteiger partial charge in [-0.3, -0.25) is 0 Å². The molecule has 1 aliphatic heterocycles. The van der Waals surface area contributed by atoms with E-state index in [1.165, 1.54) is 12.8 Å². The van der Waals surface area contributed by atoms with Crippen molar-refractivity contribution in [1.29, 1.82) is 0 Å². The van der Waals surface area contributed by atoms with Gasteiger partial charge in [0.25, 0.3) is 0 Å². The van der Waals surface area contributed by atoms with Crippen molar-refractivity contribution >= 4 is 23.1 Å². The summed E-state index contributed by atoms with van der Waals surface area (Å²) in [5.74, 6) is 1.79. The first-order valence-corrected chi connectivity index (χ1v) is 10.5. The fourth-order valence-corrected chi connectivity index (χ4v) is 4.23. The van der Waals surface area contributed by atoms with Crippen molar-refractivity contribution in [3.8, 4) is 22.5 Å². The Bertz CT molecular complexity index is 1130. The van der Waals surface area contributed by atoms with E-state index in [2.05, 4.69) is 48.2 Å². The Morgan fingerprint density at radius 1 is 0.931 bits per heavy atom. The number of piperidine rings is 1. The Labute approximate surface area is 175 Å². The molecule has 2 aromatic carbocycles. The molecule has 0 amide bonds. The Hall–Kier alpha value is -2.85. The van der Waals surface area contributed by atoms with Crippen molar-refractivity contribution in [3.63, 3.8) is 0 Å². The molecule has 5 heteroatoms. The first-order valence-electron chi connectivity index (χ1n) is 10.1. The van der Waals surface area contributed by atoms with Crippen LogP contribution in [-0.2, 0) is 0 Å². The molecule has 5 rings (SSSR count). The van der Waals surface area contributed by atoms with E-state index in [1.54, 1.807) is 0 Å². The summed E-state index contributed by atoms with van der Waals surface area (Å²) in [6, 6.07) is 22.4. The van der Waals surface area contributed by atoms with E-state index in [-0.39, 0.29) is 0 Å². The lowest BCUT2D eigenvalue weighted by Crippen LogP contribution is -2.35. The van der Waals surface area contributed by atoms with Crippen LogP contribution in [0, 0.1) is 5.92 Å². The summed E-state index contributed by atoms with van der Waals surface area (Å²) in [6.45, 7) is 4.42. The van der Waals surface area contributed by atoms with Gasteiger partial charge in [0.2, 0.25) is 0 Å². The third-order valence-corrected chi connectivity index (χ3v) is 5.85. The molecule has 1 aliphatic rings. The third kappa shape index (κ3) is 3.60. The van der Waals surface area contributed by atoms with Crippen molar-refractivity contribution in [2.75, 3.05) is 18.0 Å². The van der Waals surface area contributed by atoms with Gasteiger partial charge >= 0.3 is 0 Å². The molecule has 0 saturated carbocycles. The number of halogens is 1. The van der Waals surface area contributed by atoms with Crippen LogP contribution in [-0.4, -0.2) is 27.7 Å². The minimum Gasteiger partial charge on any atom is -0.356 e. The van der Waals surface area contributed by atoms with Gasteiger partial charge < -0.3 is 4.90 Å². The fourth-order valence-electron chi connectivity index (χ4n) is 4.10. The molecular weight excluding hydrogens is 380 g/mol. The highest BCUT2D eigenvalue weighted by atomic mass is 35.5. The van der Waals surface area contributed by atoms with Crippen LogP contribution in [0.5, 0.6) is 0 Å². The van der Waals surface area contributed by atoms with Crippen LogP contribution < -0.4 is 4.90 Å². The minimum absolute atomic E-state index is 0.679. The zero-order valence-electron chi connectivity index (χ0n) is 16.4. The molecule has 4 aromatic rings. The quantitative estimate of drug-likeness (QED) is 0.424.